The topological polar surface area (TPSA) is 53.2 Å². The second-order valence-corrected chi connectivity index (χ2v) is 7.44. The predicted molar refractivity (Wildman–Crippen MR) is 119 cm³/mol. The number of carbonyl (C=O) groups is 1. The molecule has 0 fully saturated rings. The van der Waals surface area contributed by atoms with Crippen LogP contribution in [0.3, 0.4) is 0 Å². The first kappa shape index (κ1) is 20.6. The molecule has 1 heterocycles. The van der Waals surface area contributed by atoms with Crippen LogP contribution in [-0.4, -0.2) is 10.9 Å². The van der Waals surface area contributed by atoms with Gasteiger partial charge in [0.15, 0.2) is 5.43 Å². The number of nitrogens with one attached hydrogen (secondary N) is 1. The van der Waals surface area contributed by atoms with Crippen molar-refractivity contribution in [2.45, 2.75) is 46.6 Å². The number of unbranched alkanes of at least 4 members (excludes halogenated alkanes) is 1. The number of pyridine rings is 1. The molecular weight excluding hydrogens is 360 g/mol. The third-order valence-corrected chi connectivity index (χ3v) is 5.07. The van der Waals surface area contributed by atoms with Crippen LogP contribution in [0.2, 0.25) is 0 Å². The van der Waals surface area contributed by atoms with Gasteiger partial charge in [0.1, 0.15) is 5.56 Å². The number of hydrogen-bond acceptors (Lipinski definition) is 2. The number of rotatable bonds is 7. The van der Waals surface area contributed by atoms with E-state index in [0.29, 0.717) is 13.0 Å². The molecule has 0 aliphatic rings. The van der Waals surface area contributed by atoms with Crippen LogP contribution in [-0.2, 0) is 13.0 Å². The van der Waals surface area contributed by atoms with Gasteiger partial charge in [-0.05, 0) is 43.9 Å². The number of benzene rings is 2. The molecule has 1 aromatic heterocycles. The fourth-order valence-electron chi connectivity index (χ4n) is 3.56. The van der Waals surface area contributed by atoms with Gasteiger partial charge in [-0.2, -0.15) is 0 Å². The molecule has 29 heavy (non-hydrogen) atoms. The molecule has 4 nitrogen and oxygen atoms in total. The molecule has 0 aliphatic carbocycles. The number of aromatic amines is 1. The standard InChI is InChI=1S/C25H28N2O2/c1-4-5-14-21-24(23(28)16-19(3)26-21)25(29)27(17-20-12-7-6-8-13-20)22-15-10-9-11-18(22)2/h6-13,15-16H,4-5,14,17H2,1-3H3,(H,26,28). The van der Waals surface area contributed by atoms with E-state index in [9.17, 15) is 9.59 Å². The van der Waals surface area contributed by atoms with Crippen molar-refractivity contribution in [3.8, 4) is 0 Å². The lowest BCUT2D eigenvalue weighted by molar-refractivity contribution is 0.0982. The molecular formula is C25H28N2O2. The number of amides is 1. The summed E-state index contributed by atoms with van der Waals surface area (Å²) in [5.74, 6) is -0.254. The Kier molecular flexibility index (Phi) is 6.65. The van der Waals surface area contributed by atoms with E-state index in [-0.39, 0.29) is 16.9 Å². The van der Waals surface area contributed by atoms with Crippen molar-refractivity contribution in [3.63, 3.8) is 0 Å². The summed E-state index contributed by atoms with van der Waals surface area (Å²) in [6, 6.07) is 19.2. The zero-order valence-electron chi connectivity index (χ0n) is 17.4. The largest absolute Gasteiger partial charge is 0.362 e. The summed E-state index contributed by atoms with van der Waals surface area (Å²) in [6.07, 6.45) is 2.60. The summed E-state index contributed by atoms with van der Waals surface area (Å²) in [6.45, 7) is 6.35. The maximum atomic E-state index is 13.7. The van der Waals surface area contributed by atoms with Crippen LogP contribution >= 0.6 is 0 Å². The monoisotopic (exact) mass is 388 g/mol. The van der Waals surface area contributed by atoms with E-state index >= 15 is 0 Å². The first-order chi connectivity index (χ1) is 14.0. The van der Waals surface area contributed by atoms with Gasteiger partial charge in [-0.1, -0.05) is 61.9 Å². The molecule has 0 saturated carbocycles. The zero-order chi connectivity index (χ0) is 20.8. The summed E-state index contributed by atoms with van der Waals surface area (Å²) in [7, 11) is 0. The van der Waals surface area contributed by atoms with E-state index in [1.807, 2.05) is 68.4 Å². The van der Waals surface area contributed by atoms with Crippen LogP contribution in [0.15, 0.2) is 65.5 Å². The van der Waals surface area contributed by atoms with Crippen molar-refractivity contribution in [1.29, 1.82) is 0 Å². The van der Waals surface area contributed by atoms with Gasteiger partial charge in [-0.3, -0.25) is 9.59 Å². The average molecular weight is 389 g/mol. The maximum absolute atomic E-state index is 13.7. The van der Waals surface area contributed by atoms with E-state index in [1.165, 1.54) is 6.07 Å². The van der Waals surface area contributed by atoms with E-state index < -0.39 is 0 Å². The van der Waals surface area contributed by atoms with Crippen molar-refractivity contribution in [3.05, 3.63) is 99.0 Å². The quantitative estimate of drug-likeness (QED) is 0.606. The predicted octanol–water partition coefficient (Wildman–Crippen LogP) is 5.18. The molecule has 0 bridgehead atoms. The summed E-state index contributed by atoms with van der Waals surface area (Å²) < 4.78 is 0. The highest BCUT2D eigenvalue weighted by Crippen LogP contribution is 2.24. The minimum atomic E-state index is -0.254. The molecule has 2 aromatic carbocycles. The van der Waals surface area contributed by atoms with Gasteiger partial charge in [0.05, 0.1) is 6.54 Å². The zero-order valence-corrected chi connectivity index (χ0v) is 17.4. The van der Waals surface area contributed by atoms with Crippen molar-refractivity contribution in [2.75, 3.05) is 4.90 Å². The normalized spacial score (nSPS) is 10.7. The lowest BCUT2D eigenvalue weighted by Crippen LogP contribution is -2.36. The van der Waals surface area contributed by atoms with Gasteiger partial charge >= 0.3 is 0 Å². The van der Waals surface area contributed by atoms with Crippen LogP contribution in [0.4, 0.5) is 5.69 Å². The van der Waals surface area contributed by atoms with Gasteiger partial charge in [0, 0.05) is 23.1 Å². The molecule has 1 N–H and O–H groups in total. The number of aryl methyl sites for hydroxylation is 3. The first-order valence-electron chi connectivity index (χ1n) is 10.2. The fourth-order valence-corrected chi connectivity index (χ4v) is 3.56. The van der Waals surface area contributed by atoms with Crippen molar-refractivity contribution in [2.24, 2.45) is 0 Å². The molecule has 0 atom stereocenters. The van der Waals surface area contributed by atoms with Crippen LogP contribution in [0.1, 0.15) is 52.6 Å². The third-order valence-electron chi connectivity index (χ3n) is 5.07. The lowest BCUT2D eigenvalue weighted by atomic mass is 10.0. The number of hydrogen-bond donors (Lipinski definition) is 1. The molecule has 3 rings (SSSR count). The molecule has 0 saturated heterocycles. The summed E-state index contributed by atoms with van der Waals surface area (Å²) >= 11 is 0. The lowest BCUT2D eigenvalue weighted by Gasteiger charge is -2.25. The van der Waals surface area contributed by atoms with E-state index in [1.54, 1.807) is 4.90 Å². The third kappa shape index (κ3) is 4.83. The minimum Gasteiger partial charge on any atom is -0.362 e. The Morgan fingerprint density at radius 1 is 1.00 bits per heavy atom. The Hall–Kier alpha value is -3.14. The highest BCUT2D eigenvalue weighted by atomic mass is 16.2. The number of nitrogens with zero attached hydrogens (tertiary/aromatic N) is 1. The summed E-state index contributed by atoms with van der Waals surface area (Å²) in [5.41, 5.74) is 4.38. The summed E-state index contributed by atoms with van der Waals surface area (Å²) in [4.78, 5) is 31.6. The highest BCUT2D eigenvalue weighted by molar-refractivity contribution is 6.07. The van der Waals surface area contributed by atoms with Gasteiger partial charge in [0.2, 0.25) is 0 Å². The smallest absolute Gasteiger partial charge is 0.264 e. The van der Waals surface area contributed by atoms with Crippen molar-refractivity contribution in [1.82, 2.24) is 4.98 Å². The highest BCUT2D eigenvalue weighted by Gasteiger charge is 2.25. The Morgan fingerprint density at radius 2 is 1.69 bits per heavy atom. The molecule has 0 radical (unpaired) electrons. The Morgan fingerprint density at radius 3 is 2.38 bits per heavy atom. The van der Waals surface area contributed by atoms with Crippen LogP contribution in [0.5, 0.6) is 0 Å². The fraction of sp³-hybridized carbons (Fsp3) is 0.280. The Labute approximate surface area is 172 Å². The number of aromatic nitrogens is 1. The van der Waals surface area contributed by atoms with Crippen molar-refractivity contribution < 1.29 is 4.79 Å². The van der Waals surface area contributed by atoms with E-state index in [4.69, 9.17) is 0 Å². The van der Waals surface area contributed by atoms with Gasteiger partial charge in [-0.25, -0.2) is 0 Å². The molecule has 0 spiro atoms. The second-order valence-electron chi connectivity index (χ2n) is 7.44. The number of para-hydroxylation sites is 1. The van der Waals surface area contributed by atoms with E-state index in [0.717, 1.165) is 41.0 Å². The minimum absolute atomic E-state index is 0.219. The van der Waals surface area contributed by atoms with E-state index in [2.05, 4.69) is 11.9 Å². The van der Waals surface area contributed by atoms with Crippen molar-refractivity contribution >= 4 is 11.6 Å². The first-order valence-corrected chi connectivity index (χ1v) is 10.2. The van der Waals surface area contributed by atoms with Gasteiger partial charge in [0.25, 0.3) is 5.91 Å². The molecule has 4 heteroatoms. The van der Waals surface area contributed by atoms with Gasteiger partial charge < -0.3 is 9.88 Å². The average Bonchev–Trinajstić information content (AvgIpc) is 2.71. The molecule has 0 aliphatic heterocycles. The van der Waals surface area contributed by atoms with Crippen LogP contribution in [0, 0.1) is 13.8 Å². The number of anilines is 1. The Bertz CT molecular complexity index is 1040. The SMILES string of the molecule is CCCCc1[nH]c(C)cc(=O)c1C(=O)N(Cc1ccccc1)c1ccccc1C. The summed E-state index contributed by atoms with van der Waals surface area (Å²) in [5, 5.41) is 0. The van der Waals surface area contributed by atoms with Crippen LogP contribution < -0.4 is 10.3 Å². The Balaban J connectivity index is 2.10. The number of H-pyrrole nitrogens is 1. The molecule has 3 aromatic rings. The molecule has 1 amide bonds. The molecule has 150 valence electrons. The molecule has 0 unspecified atom stereocenters. The van der Waals surface area contributed by atoms with Gasteiger partial charge in [-0.15, -0.1) is 0 Å². The maximum Gasteiger partial charge on any atom is 0.264 e. The second kappa shape index (κ2) is 9.37. The van der Waals surface area contributed by atoms with Crippen LogP contribution in [0.25, 0.3) is 0 Å². The number of carbonyl (C=O) groups excluding carboxylic acids is 1.